The molecule has 0 bridgehead atoms. The second-order valence-electron chi connectivity index (χ2n) is 5.20. The molecule has 0 saturated heterocycles. The standard InChI is InChI=1S/C15H18F2N2O4.ClH/c1-22-14(21)10-4-5-11(12(6-10)23-15(16)17)19-13(20)8-18-7-9-2-3-9;/h4-6,9,15,18H,2-3,7-8H2,1H3,(H,19,20);1H. The normalized spacial score (nSPS) is 13.2. The average Bonchev–Trinajstić information content (AvgIpc) is 3.32. The molecule has 1 aliphatic rings. The minimum atomic E-state index is -3.08. The summed E-state index contributed by atoms with van der Waals surface area (Å²) < 4.78 is 33.9. The van der Waals surface area contributed by atoms with Crippen LogP contribution < -0.4 is 15.4 Å². The molecule has 0 aromatic heterocycles. The Kier molecular flexibility index (Phi) is 7.87. The third-order valence-corrected chi connectivity index (χ3v) is 3.31. The lowest BCUT2D eigenvalue weighted by atomic mass is 10.2. The van der Waals surface area contributed by atoms with Crippen molar-refractivity contribution in [1.29, 1.82) is 0 Å². The predicted octanol–water partition coefficient (Wildman–Crippen LogP) is 2.43. The van der Waals surface area contributed by atoms with Crippen molar-refractivity contribution in [2.45, 2.75) is 19.5 Å². The molecule has 0 unspecified atom stereocenters. The number of anilines is 1. The maximum Gasteiger partial charge on any atom is 0.387 e. The Morgan fingerprint density at radius 3 is 2.62 bits per heavy atom. The molecule has 2 rings (SSSR count). The molecule has 1 saturated carbocycles. The van der Waals surface area contributed by atoms with E-state index < -0.39 is 12.6 Å². The molecule has 1 fully saturated rings. The van der Waals surface area contributed by atoms with Gasteiger partial charge in [0.05, 0.1) is 24.9 Å². The fraction of sp³-hybridized carbons (Fsp3) is 0.467. The molecule has 0 aliphatic heterocycles. The van der Waals surface area contributed by atoms with Gasteiger partial charge in [-0.2, -0.15) is 8.78 Å². The van der Waals surface area contributed by atoms with E-state index in [9.17, 15) is 18.4 Å². The number of ether oxygens (including phenoxy) is 2. The Balaban J connectivity index is 0.00000288. The molecule has 2 N–H and O–H groups in total. The van der Waals surface area contributed by atoms with Crippen molar-refractivity contribution in [1.82, 2.24) is 5.32 Å². The molecular weight excluding hydrogens is 346 g/mol. The number of nitrogens with one attached hydrogen (secondary N) is 2. The monoisotopic (exact) mass is 364 g/mol. The number of amides is 1. The molecule has 24 heavy (non-hydrogen) atoms. The van der Waals surface area contributed by atoms with Gasteiger partial charge in [-0.25, -0.2) is 4.79 Å². The summed E-state index contributed by atoms with van der Waals surface area (Å²) in [7, 11) is 1.18. The van der Waals surface area contributed by atoms with Crippen molar-refractivity contribution in [2.75, 3.05) is 25.5 Å². The summed E-state index contributed by atoms with van der Waals surface area (Å²) >= 11 is 0. The molecular formula is C15H19ClF2N2O4. The number of methoxy groups -OCH3 is 1. The van der Waals surface area contributed by atoms with Crippen molar-refractivity contribution in [2.24, 2.45) is 5.92 Å². The van der Waals surface area contributed by atoms with E-state index in [1.165, 1.54) is 19.2 Å². The van der Waals surface area contributed by atoms with Gasteiger partial charge in [-0.1, -0.05) is 0 Å². The summed E-state index contributed by atoms with van der Waals surface area (Å²) in [6, 6.07) is 3.78. The second kappa shape index (κ2) is 9.39. The molecule has 0 radical (unpaired) electrons. The Morgan fingerprint density at radius 1 is 1.33 bits per heavy atom. The van der Waals surface area contributed by atoms with E-state index >= 15 is 0 Å². The number of benzene rings is 1. The SMILES string of the molecule is COC(=O)c1ccc(NC(=O)CNCC2CC2)c(OC(F)F)c1.Cl. The van der Waals surface area contributed by atoms with E-state index in [4.69, 9.17) is 0 Å². The number of hydrogen-bond acceptors (Lipinski definition) is 5. The topological polar surface area (TPSA) is 76.7 Å². The van der Waals surface area contributed by atoms with E-state index in [0.717, 1.165) is 25.5 Å². The van der Waals surface area contributed by atoms with Crippen LogP contribution in [-0.4, -0.2) is 38.7 Å². The maximum absolute atomic E-state index is 12.5. The summed E-state index contributed by atoms with van der Waals surface area (Å²) in [5.41, 5.74) is 0.115. The fourth-order valence-corrected chi connectivity index (χ4v) is 1.97. The van der Waals surface area contributed by atoms with Crippen molar-refractivity contribution >= 4 is 30.0 Å². The van der Waals surface area contributed by atoms with Crippen LogP contribution >= 0.6 is 12.4 Å². The van der Waals surface area contributed by atoms with E-state index in [0.29, 0.717) is 5.92 Å². The van der Waals surface area contributed by atoms with Gasteiger partial charge >= 0.3 is 12.6 Å². The third-order valence-electron chi connectivity index (χ3n) is 3.31. The smallest absolute Gasteiger partial charge is 0.387 e. The van der Waals surface area contributed by atoms with Gasteiger partial charge < -0.3 is 20.1 Å². The van der Waals surface area contributed by atoms with Gasteiger partial charge in [-0.15, -0.1) is 12.4 Å². The first-order chi connectivity index (χ1) is 11.0. The van der Waals surface area contributed by atoms with Gasteiger partial charge in [0.2, 0.25) is 5.91 Å². The highest BCUT2D eigenvalue weighted by Gasteiger charge is 2.21. The molecule has 1 aromatic carbocycles. The Morgan fingerprint density at radius 2 is 2.04 bits per heavy atom. The van der Waals surface area contributed by atoms with Crippen LogP contribution in [0.1, 0.15) is 23.2 Å². The van der Waals surface area contributed by atoms with Gasteiger partial charge in [0, 0.05) is 0 Å². The van der Waals surface area contributed by atoms with Crippen molar-refractivity contribution in [3.05, 3.63) is 23.8 Å². The van der Waals surface area contributed by atoms with E-state index in [-0.39, 0.29) is 41.9 Å². The molecule has 1 aromatic rings. The zero-order valence-corrected chi connectivity index (χ0v) is 13.8. The van der Waals surface area contributed by atoms with E-state index in [1.54, 1.807) is 0 Å². The molecule has 1 amide bonds. The summed E-state index contributed by atoms with van der Waals surface area (Å²) in [6.45, 7) is -2.25. The highest BCUT2D eigenvalue weighted by Crippen LogP contribution is 2.28. The highest BCUT2D eigenvalue weighted by molar-refractivity contribution is 5.95. The van der Waals surface area contributed by atoms with Crippen molar-refractivity contribution in [3.8, 4) is 5.75 Å². The molecule has 0 atom stereocenters. The largest absolute Gasteiger partial charge is 0.465 e. The molecule has 6 nitrogen and oxygen atoms in total. The van der Waals surface area contributed by atoms with Crippen LogP contribution in [0, 0.1) is 5.92 Å². The fourth-order valence-electron chi connectivity index (χ4n) is 1.97. The van der Waals surface area contributed by atoms with Gasteiger partial charge in [-0.3, -0.25) is 4.79 Å². The molecule has 1 aliphatic carbocycles. The van der Waals surface area contributed by atoms with Crippen LogP contribution in [0.4, 0.5) is 14.5 Å². The van der Waals surface area contributed by atoms with Gasteiger partial charge in [0.25, 0.3) is 0 Å². The number of halogens is 3. The minimum absolute atomic E-state index is 0. The number of esters is 1. The van der Waals surface area contributed by atoms with Crippen LogP contribution in [0.2, 0.25) is 0 Å². The lowest BCUT2D eigenvalue weighted by Crippen LogP contribution is -2.29. The average molecular weight is 365 g/mol. The number of carbonyl (C=O) groups excluding carboxylic acids is 2. The zero-order valence-electron chi connectivity index (χ0n) is 13.0. The van der Waals surface area contributed by atoms with E-state index in [2.05, 4.69) is 20.1 Å². The first-order valence-electron chi connectivity index (χ1n) is 7.17. The van der Waals surface area contributed by atoms with Crippen LogP contribution in [0.3, 0.4) is 0 Å². The zero-order chi connectivity index (χ0) is 16.8. The number of hydrogen-bond donors (Lipinski definition) is 2. The quantitative estimate of drug-likeness (QED) is 0.693. The lowest BCUT2D eigenvalue weighted by Gasteiger charge is -2.13. The van der Waals surface area contributed by atoms with Crippen LogP contribution in [0.5, 0.6) is 5.75 Å². The molecule has 134 valence electrons. The summed E-state index contributed by atoms with van der Waals surface area (Å²) in [5, 5.41) is 5.47. The Hall–Kier alpha value is -1.93. The number of carbonyl (C=O) groups is 2. The Bertz CT molecular complexity index is 583. The molecule has 9 heteroatoms. The molecule has 0 spiro atoms. The first kappa shape index (κ1) is 20.1. The summed E-state index contributed by atoms with van der Waals surface area (Å²) in [5.74, 6) is -0.734. The van der Waals surface area contributed by atoms with Gasteiger partial charge in [-0.05, 0) is 43.5 Å². The van der Waals surface area contributed by atoms with Crippen molar-refractivity contribution < 1.29 is 27.8 Å². The van der Waals surface area contributed by atoms with E-state index in [1.807, 2.05) is 0 Å². The lowest BCUT2D eigenvalue weighted by molar-refractivity contribution is -0.115. The van der Waals surface area contributed by atoms with Gasteiger partial charge in [0.1, 0.15) is 5.75 Å². The van der Waals surface area contributed by atoms with Crippen LogP contribution in [0.25, 0.3) is 0 Å². The number of alkyl halides is 2. The van der Waals surface area contributed by atoms with Crippen molar-refractivity contribution in [3.63, 3.8) is 0 Å². The molecule has 0 heterocycles. The maximum atomic E-state index is 12.5. The minimum Gasteiger partial charge on any atom is -0.465 e. The van der Waals surface area contributed by atoms with Crippen LogP contribution in [0.15, 0.2) is 18.2 Å². The number of rotatable bonds is 8. The predicted molar refractivity (Wildman–Crippen MR) is 85.9 cm³/mol. The first-order valence-corrected chi connectivity index (χ1v) is 7.17. The summed E-state index contributed by atoms with van der Waals surface area (Å²) in [6.07, 6.45) is 2.33. The third kappa shape index (κ3) is 6.29. The van der Waals surface area contributed by atoms with Gasteiger partial charge in [0.15, 0.2) is 0 Å². The van der Waals surface area contributed by atoms with Crippen LogP contribution in [-0.2, 0) is 9.53 Å². The second-order valence-corrected chi connectivity index (χ2v) is 5.20. The summed E-state index contributed by atoms with van der Waals surface area (Å²) in [4.78, 5) is 23.3. The Labute approximate surface area is 144 Å². The highest BCUT2D eigenvalue weighted by atomic mass is 35.5.